The van der Waals surface area contributed by atoms with Crippen molar-refractivity contribution in [1.82, 2.24) is 10.9 Å². The van der Waals surface area contributed by atoms with Crippen LogP contribution in [0.25, 0.3) is 10.8 Å². The zero-order valence-corrected chi connectivity index (χ0v) is 21.6. The van der Waals surface area contributed by atoms with Gasteiger partial charge in [-0.25, -0.2) is 21.8 Å². The van der Waals surface area contributed by atoms with E-state index in [1.807, 2.05) is 0 Å². The van der Waals surface area contributed by atoms with Gasteiger partial charge in [0, 0.05) is 0 Å². The Morgan fingerprint density at radius 3 is 2.20 bits per heavy atom. The average Bonchev–Trinajstić information content (AvgIpc) is 2.96. The molecule has 0 aliphatic carbocycles. The fourth-order valence-electron chi connectivity index (χ4n) is 2.33. The van der Waals surface area contributed by atoms with Crippen LogP contribution in [0, 0.1) is 0 Å². The van der Waals surface area contributed by atoms with E-state index in [9.17, 15) is 36.2 Å². The predicted molar refractivity (Wildman–Crippen MR) is 91.1 cm³/mol. The molecule has 2 aromatic rings. The molecule has 0 amide bonds. The molecule has 1 unspecified atom stereocenters. The van der Waals surface area contributed by atoms with Gasteiger partial charge in [-0.15, -0.1) is 10.2 Å². The van der Waals surface area contributed by atoms with Gasteiger partial charge in [0.1, 0.15) is 31.7 Å². The van der Waals surface area contributed by atoms with Crippen LogP contribution in [0.5, 0.6) is 11.5 Å². The van der Waals surface area contributed by atoms with Crippen molar-refractivity contribution in [2.75, 3.05) is 0 Å². The number of hydrogen-bond acceptors (Lipinski definition) is 13. The molecule has 1 heterocycles. The van der Waals surface area contributed by atoms with Gasteiger partial charge in [0.25, 0.3) is 0 Å². The van der Waals surface area contributed by atoms with Crippen LogP contribution in [0.15, 0.2) is 43.2 Å². The predicted octanol–water partition coefficient (Wildman–Crippen LogP) is -5.86. The molecule has 3 rings (SSSR count). The quantitative estimate of drug-likeness (QED) is 0.136. The number of rotatable bonds is 4. The minimum absolute atomic E-state index is 0. The summed E-state index contributed by atoms with van der Waals surface area (Å²) in [4.78, 5) is 1.72. The second-order valence-electron chi connectivity index (χ2n) is 5.30. The first-order chi connectivity index (χ1) is 12.9. The summed E-state index contributed by atoms with van der Waals surface area (Å²) in [6, 6.07) is 1.90. The number of hydrogen-bond donors (Lipinski definition) is 4. The maximum atomic E-state index is 11.6. The van der Waals surface area contributed by atoms with Crippen LogP contribution in [0.2, 0.25) is 0 Å². The number of hydrazine groups is 1. The average molecular weight is 496 g/mol. The SMILES string of the molecule is O=S(=O)([O-])c1cc(O)c2c(O)c(N=NC3N=C(Cl)NN3)c(S(=O)(=O)[O-])cc2c1.[Na+].[Na+]. The van der Waals surface area contributed by atoms with Crippen molar-refractivity contribution < 1.29 is 95.3 Å². The van der Waals surface area contributed by atoms with Crippen LogP contribution >= 0.6 is 11.6 Å². The summed E-state index contributed by atoms with van der Waals surface area (Å²) in [7, 11) is -10.3. The van der Waals surface area contributed by atoms with E-state index in [1.54, 1.807) is 0 Å². The van der Waals surface area contributed by atoms with Crippen LogP contribution in [-0.4, -0.2) is 47.7 Å². The Balaban J connectivity index is 0.00000225. The van der Waals surface area contributed by atoms with Crippen molar-refractivity contribution in [2.45, 2.75) is 16.1 Å². The number of nitrogens with one attached hydrogen (secondary N) is 2. The van der Waals surface area contributed by atoms with Crippen molar-refractivity contribution in [2.24, 2.45) is 15.2 Å². The summed E-state index contributed by atoms with van der Waals surface area (Å²) in [6.45, 7) is 0. The largest absolute Gasteiger partial charge is 1.00 e. The van der Waals surface area contributed by atoms with E-state index < -0.39 is 64.3 Å². The smallest absolute Gasteiger partial charge is 0.744 e. The van der Waals surface area contributed by atoms with Crippen LogP contribution in [-0.2, 0) is 20.2 Å². The van der Waals surface area contributed by atoms with Crippen molar-refractivity contribution in [3.8, 4) is 11.5 Å². The van der Waals surface area contributed by atoms with Gasteiger partial charge in [-0.3, -0.25) is 5.43 Å². The summed E-state index contributed by atoms with van der Waals surface area (Å²) in [6.07, 6.45) is -1.11. The number of phenolic OH excluding ortho intramolecular Hbond substituents is 2. The van der Waals surface area contributed by atoms with Crippen LogP contribution in [0.3, 0.4) is 0 Å². The van der Waals surface area contributed by atoms with Crippen molar-refractivity contribution in [3.05, 3.63) is 18.2 Å². The number of azo groups is 1. The van der Waals surface area contributed by atoms with Crippen molar-refractivity contribution in [3.63, 3.8) is 0 Å². The van der Waals surface area contributed by atoms with Gasteiger partial charge in [-0.05, 0) is 35.2 Å². The summed E-state index contributed by atoms with van der Waals surface area (Å²) < 4.78 is 68.2. The van der Waals surface area contributed by atoms with Gasteiger partial charge in [-0.2, -0.15) is 5.43 Å². The Kier molecular flexibility index (Phi) is 9.09. The molecule has 0 saturated carbocycles. The van der Waals surface area contributed by atoms with E-state index in [4.69, 9.17) is 11.6 Å². The molecule has 150 valence electrons. The molecule has 0 bridgehead atoms. The Morgan fingerprint density at radius 2 is 1.70 bits per heavy atom. The van der Waals surface area contributed by atoms with Crippen LogP contribution in [0.4, 0.5) is 5.69 Å². The second kappa shape index (κ2) is 9.93. The molecule has 0 aromatic heterocycles. The molecule has 1 aliphatic heterocycles. The first kappa shape index (κ1) is 27.5. The molecule has 0 saturated heterocycles. The van der Waals surface area contributed by atoms with E-state index >= 15 is 0 Å². The van der Waals surface area contributed by atoms with Gasteiger partial charge < -0.3 is 19.3 Å². The third-order valence-electron chi connectivity index (χ3n) is 3.47. The molecule has 0 radical (unpaired) electrons. The molecule has 0 fully saturated rings. The van der Waals surface area contributed by atoms with Crippen molar-refractivity contribution in [1.29, 1.82) is 0 Å². The van der Waals surface area contributed by atoms with Gasteiger partial charge in [0.2, 0.25) is 11.6 Å². The first-order valence-electron chi connectivity index (χ1n) is 6.98. The number of fused-ring (bicyclic) bond motifs is 1. The zero-order valence-electron chi connectivity index (χ0n) is 15.2. The van der Waals surface area contributed by atoms with E-state index in [1.165, 1.54) is 0 Å². The molecule has 13 nitrogen and oxygen atoms in total. The van der Waals surface area contributed by atoms with Gasteiger partial charge in [0.05, 0.1) is 15.2 Å². The normalized spacial score (nSPS) is 16.6. The number of aromatic hydroxyl groups is 2. The molecular weight excluding hydrogens is 488 g/mol. The maximum Gasteiger partial charge on any atom is 1.00 e. The standard InChI is InChI=1S/C12H10ClN5O8S2.2Na/c13-11-14-12(18-16-11)17-15-9-7(28(24,25)26)2-4-1-5(27(21,22)23)3-6(19)8(4)10(9)20;;/h1-3,12,18-20H,(H,14,16)(H,21,22,23)(H,24,25,26);;/q;2*+1/p-2. The third-order valence-corrected chi connectivity index (χ3v) is 5.32. The second-order valence-corrected chi connectivity index (χ2v) is 8.38. The zero-order chi connectivity index (χ0) is 20.9. The monoisotopic (exact) mass is 495 g/mol. The number of aliphatic imine (C=N–C) groups is 1. The van der Waals surface area contributed by atoms with Crippen LogP contribution in [0.1, 0.15) is 0 Å². The first-order valence-corrected chi connectivity index (χ1v) is 10.2. The van der Waals surface area contributed by atoms with E-state index in [2.05, 4.69) is 26.1 Å². The fourth-order valence-corrected chi connectivity index (χ4v) is 3.65. The van der Waals surface area contributed by atoms with E-state index in [0.29, 0.717) is 18.2 Å². The topological polar surface area (TPSA) is 216 Å². The Hall–Kier alpha value is -0.560. The number of nitrogens with zero attached hydrogens (tertiary/aromatic N) is 3. The molecule has 18 heteroatoms. The molecule has 0 spiro atoms. The van der Waals surface area contributed by atoms with Gasteiger partial charge in [0.15, 0.2) is 5.75 Å². The number of phenols is 2. The third kappa shape index (κ3) is 5.81. The molecule has 2 aromatic carbocycles. The van der Waals surface area contributed by atoms with E-state index in [-0.39, 0.29) is 64.4 Å². The van der Waals surface area contributed by atoms with Crippen LogP contribution < -0.4 is 70.0 Å². The van der Waals surface area contributed by atoms with E-state index in [0.717, 1.165) is 0 Å². The minimum atomic E-state index is -5.24. The Morgan fingerprint density at radius 1 is 1.07 bits per heavy atom. The molecular formula is C12H8ClN5Na2O8S2. The summed E-state index contributed by atoms with van der Waals surface area (Å²) >= 11 is 5.55. The van der Waals surface area contributed by atoms with Crippen molar-refractivity contribution >= 4 is 53.6 Å². The van der Waals surface area contributed by atoms with Gasteiger partial charge in [-0.1, -0.05) is 0 Å². The summed E-state index contributed by atoms with van der Waals surface area (Å²) in [5, 5.41) is 26.5. The Bertz CT molecular complexity index is 1270. The Labute approximate surface area is 218 Å². The summed E-state index contributed by atoms with van der Waals surface area (Å²) in [5.41, 5.74) is 3.96. The maximum absolute atomic E-state index is 11.6. The number of halogens is 1. The van der Waals surface area contributed by atoms with Gasteiger partial charge >= 0.3 is 59.1 Å². The molecule has 1 aliphatic rings. The number of benzene rings is 2. The minimum Gasteiger partial charge on any atom is -0.744 e. The molecule has 1 atom stereocenters. The molecule has 4 N–H and O–H groups in total. The summed E-state index contributed by atoms with van der Waals surface area (Å²) in [5.74, 6) is -1.85. The molecule has 30 heavy (non-hydrogen) atoms. The fraction of sp³-hybridized carbons (Fsp3) is 0.0833. The number of amidine groups is 1.